The summed E-state index contributed by atoms with van der Waals surface area (Å²) in [6, 6.07) is 0. The molecule has 0 saturated carbocycles. The Kier molecular flexibility index (Phi) is 60.7. The summed E-state index contributed by atoms with van der Waals surface area (Å²) in [5.74, 6) is -0.903. The quantitative estimate of drug-likeness (QED) is 0.0261. The van der Waals surface area contributed by atoms with Crippen LogP contribution in [0.4, 0.5) is 0 Å². The molecule has 0 saturated heterocycles. The lowest BCUT2D eigenvalue weighted by atomic mass is 10.0. The minimum absolute atomic E-state index is 0.0852. The normalized spacial score (nSPS) is 12.5. The Morgan fingerprint density at radius 1 is 0.267 bits per heavy atom. The van der Waals surface area contributed by atoms with E-state index in [-0.39, 0.29) is 31.1 Å². The Balaban J connectivity index is 4.42. The molecule has 434 valence electrons. The molecule has 0 aliphatic rings. The number of carbonyl (C=O) groups excluding carboxylic acids is 3. The van der Waals surface area contributed by atoms with Gasteiger partial charge in [0.15, 0.2) is 6.10 Å². The van der Waals surface area contributed by atoms with Gasteiger partial charge >= 0.3 is 17.9 Å². The molecule has 0 fully saturated rings. The molecule has 0 aliphatic heterocycles. The van der Waals surface area contributed by atoms with Crippen LogP contribution in [0.1, 0.15) is 329 Å². The van der Waals surface area contributed by atoms with Crippen molar-refractivity contribution in [2.24, 2.45) is 0 Å². The molecule has 0 spiro atoms. The Bertz CT molecular complexity index is 1390. The maximum atomic E-state index is 12.9. The summed E-state index contributed by atoms with van der Waals surface area (Å²) in [6.07, 6.45) is 81.8. The third-order valence-electron chi connectivity index (χ3n) is 14.2. The fourth-order valence-corrected chi connectivity index (χ4v) is 9.28. The van der Waals surface area contributed by atoms with Crippen LogP contribution in [0.25, 0.3) is 0 Å². The van der Waals surface area contributed by atoms with Crippen LogP contribution in [-0.4, -0.2) is 37.2 Å². The maximum absolute atomic E-state index is 12.9. The van der Waals surface area contributed by atoms with E-state index in [0.717, 1.165) is 89.9 Å². The van der Waals surface area contributed by atoms with E-state index < -0.39 is 6.10 Å². The number of hydrogen-bond acceptors (Lipinski definition) is 6. The Labute approximate surface area is 465 Å². The monoisotopic (exact) mass is 1050 g/mol. The molecule has 1 atom stereocenters. The van der Waals surface area contributed by atoms with Gasteiger partial charge in [0.2, 0.25) is 0 Å². The first-order chi connectivity index (χ1) is 37.0. The predicted molar refractivity (Wildman–Crippen MR) is 325 cm³/mol. The maximum Gasteiger partial charge on any atom is 0.306 e. The molecule has 0 rings (SSSR count). The second-order valence-electron chi connectivity index (χ2n) is 21.7. The zero-order chi connectivity index (χ0) is 54.3. The summed E-state index contributed by atoms with van der Waals surface area (Å²) < 4.78 is 16.9. The first-order valence-corrected chi connectivity index (χ1v) is 32.4. The zero-order valence-electron chi connectivity index (χ0n) is 49.8. The average Bonchev–Trinajstić information content (AvgIpc) is 3.41. The highest BCUT2D eigenvalue weighted by atomic mass is 16.6. The average molecular weight is 1050 g/mol. The van der Waals surface area contributed by atoms with E-state index in [4.69, 9.17) is 14.2 Å². The largest absolute Gasteiger partial charge is 0.462 e. The summed E-state index contributed by atoms with van der Waals surface area (Å²) in [7, 11) is 0. The highest BCUT2D eigenvalue weighted by Gasteiger charge is 2.19. The predicted octanol–water partition coefficient (Wildman–Crippen LogP) is 22.1. The van der Waals surface area contributed by atoms with Gasteiger partial charge in [0.25, 0.3) is 0 Å². The van der Waals surface area contributed by atoms with Crippen molar-refractivity contribution in [3.63, 3.8) is 0 Å². The van der Waals surface area contributed by atoms with Crippen LogP contribution in [0.2, 0.25) is 0 Å². The standard InChI is InChI=1S/C69H122O6/c1-4-7-10-13-16-19-22-25-28-31-34-37-40-43-46-49-52-55-58-61-67(70)73-64-66(75-69(72)63-60-57-54-51-48-45-42-39-36-33-30-27-24-21-18-15-12-9-6-3)65-74-68(71)62-59-56-53-50-47-44-41-38-35-32-29-26-23-20-17-14-11-8-5-2/h16-17,19-20,25-26,28-29,34,37,43,46,66H,4-15,18,21-24,27,30-33,35-36,38-42,44-45,47-65H2,1-3H3/b19-16-,20-17-,28-25-,29-26-,37-34-,46-43-/t66-/m1/s1. The Hall–Kier alpha value is -3.15. The summed E-state index contributed by atoms with van der Waals surface area (Å²) in [4.78, 5) is 38.4. The van der Waals surface area contributed by atoms with E-state index in [1.165, 1.54) is 199 Å². The van der Waals surface area contributed by atoms with Crippen molar-refractivity contribution in [1.29, 1.82) is 0 Å². The molecule has 0 heterocycles. The summed E-state index contributed by atoms with van der Waals surface area (Å²) >= 11 is 0. The van der Waals surface area contributed by atoms with Crippen LogP contribution in [-0.2, 0) is 28.6 Å². The van der Waals surface area contributed by atoms with Crippen LogP contribution in [0, 0.1) is 0 Å². The van der Waals surface area contributed by atoms with Gasteiger partial charge in [-0.2, -0.15) is 0 Å². The summed E-state index contributed by atoms with van der Waals surface area (Å²) in [6.45, 7) is 6.60. The second kappa shape index (κ2) is 63.4. The molecule has 0 bridgehead atoms. The first-order valence-electron chi connectivity index (χ1n) is 32.4. The number of unbranched alkanes of at least 4 members (excludes halogenated alkanes) is 36. The van der Waals surface area contributed by atoms with Gasteiger partial charge in [0, 0.05) is 19.3 Å². The van der Waals surface area contributed by atoms with E-state index in [2.05, 4.69) is 93.7 Å². The van der Waals surface area contributed by atoms with Crippen LogP contribution in [0.5, 0.6) is 0 Å². The third-order valence-corrected chi connectivity index (χ3v) is 14.2. The third kappa shape index (κ3) is 61.6. The van der Waals surface area contributed by atoms with Gasteiger partial charge in [-0.1, -0.05) is 286 Å². The molecular formula is C69H122O6. The first kappa shape index (κ1) is 71.8. The number of rotatable bonds is 59. The highest BCUT2D eigenvalue weighted by Crippen LogP contribution is 2.17. The van der Waals surface area contributed by atoms with Gasteiger partial charge in [-0.05, 0) is 96.3 Å². The van der Waals surface area contributed by atoms with Crippen molar-refractivity contribution in [1.82, 2.24) is 0 Å². The van der Waals surface area contributed by atoms with Crippen molar-refractivity contribution in [3.05, 3.63) is 72.9 Å². The number of esters is 3. The van der Waals surface area contributed by atoms with Crippen molar-refractivity contribution < 1.29 is 28.6 Å². The van der Waals surface area contributed by atoms with Crippen molar-refractivity contribution in [2.75, 3.05) is 13.2 Å². The van der Waals surface area contributed by atoms with Gasteiger partial charge < -0.3 is 14.2 Å². The minimum Gasteiger partial charge on any atom is -0.462 e. The molecule has 0 unspecified atom stereocenters. The van der Waals surface area contributed by atoms with E-state index in [9.17, 15) is 14.4 Å². The Morgan fingerprint density at radius 3 is 0.787 bits per heavy atom. The SMILES string of the molecule is CCCCC/C=C\C/C=C\C/C=C\C/C=C\CCCCCC(=O)OC[C@H](COC(=O)CCCCCCCCCCC/C=C\C/C=C\CCCCC)OC(=O)CCCCCCCCCCCCCCCCCCCCC. The Morgan fingerprint density at radius 2 is 0.480 bits per heavy atom. The summed E-state index contributed by atoms with van der Waals surface area (Å²) in [5.41, 5.74) is 0. The lowest BCUT2D eigenvalue weighted by molar-refractivity contribution is -0.167. The molecule has 6 heteroatoms. The van der Waals surface area contributed by atoms with E-state index in [1.54, 1.807) is 0 Å². The van der Waals surface area contributed by atoms with Crippen molar-refractivity contribution in [2.45, 2.75) is 335 Å². The van der Waals surface area contributed by atoms with Gasteiger partial charge in [-0.3, -0.25) is 14.4 Å². The number of hydrogen-bond donors (Lipinski definition) is 0. The summed E-state index contributed by atoms with van der Waals surface area (Å²) in [5, 5.41) is 0. The molecular weight excluding hydrogens is 925 g/mol. The topological polar surface area (TPSA) is 78.9 Å². The number of carbonyl (C=O) groups is 3. The van der Waals surface area contributed by atoms with Crippen molar-refractivity contribution in [3.8, 4) is 0 Å². The molecule has 75 heavy (non-hydrogen) atoms. The molecule has 0 radical (unpaired) electrons. The zero-order valence-corrected chi connectivity index (χ0v) is 49.8. The molecule has 6 nitrogen and oxygen atoms in total. The smallest absolute Gasteiger partial charge is 0.306 e. The van der Waals surface area contributed by atoms with Crippen LogP contribution >= 0.6 is 0 Å². The molecule has 0 aromatic heterocycles. The van der Waals surface area contributed by atoms with Crippen LogP contribution in [0.15, 0.2) is 72.9 Å². The van der Waals surface area contributed by atoms with Gasteiger partial charge in [0.1, 0.15) is 13.2 Å². The fraction of sp³-hybridized carbons (Fsp3) is 0.783. The van der Waals surface area contributed by atoms with Crippen LogP contribution < -0.4 is 0 Å². The van der Waals surface area contributed by atoms with E-state index >= 15 is 0 Å². The molecule has 0 aromatic rings. The number of allylic oxidation sites excluding steroid dienone is 12. The van der Waals surface area contributed by atoms with E-state index in [0.29, 0.717) is 19.3 Å². The lowest BCUT2D eigenvalue weighted by Crippen LogP contribution is -2.30. The van der Waals surface area contributed by atoms with E-state index in [1.807, 2.05) is 0 Å². The van der Waals surface area contributed by atoms with Crippen LogP contribution in [0.3, 0.4) is 0 Å². The lowest BCUT2D eigenvalue weighted by Gasteiger charge is -2.18. The fourth-order valence-electron chi connectivity index (χ4n) is 9.28. The molecule has 0 aromatic carbocycles. The van der Waals surface area contributed by atoms with Gasteiger partial charge in [-0.25, -0.2) is 0 Å². The molecule has 0 amide bonds. The number of ether oxygens (including phenoxy) is 3. The van der Waals surface area contributed by atoms with Gasteiger partial charge in [0.05, 0.1) is 0 Å². The van der Waals surface area contributed by atoms with Crippen molar-refractivity contribution >= 4 is 17.9 Å². The molecule has 0 aliphatic carbocycles. The molecule has 0 N–H and O–H groups in total. The second-order valence-corrected chi connectivity index (χ2v) is 21.7. The minimum atomic E-state index is -0.790. The highest BCUT2D eigenvalue weighted by molar-refractivity contribution is 5.71. The van der Waals surface area contributed by atoms with Gasteiger partial charge in [-0.15, -0.1) is 0 Å².